The van der Waals surface area contributed by atoms with Crippen molar-refractivity contribution in [3.05, 3.63) is 11.7 Å². The summed E-state index contributed by atoms with van der Waals surface area (Å²) in [4.78, 5) is 4.30. The van der Waals surface area contributed by atoms with Crippen molar-refractivity contribution in [1.29, 1.82) is 0 Å². The lowest BCUT2D eigenvalue weighted by atomic mass is 10.0. The maximum absolute atomic E-state index is 10.2. The zero-order chi connectivity index (χ0) is 11.0. The van der Waals surface area contributed by atoms with E-state index in [0.717, 1.165) is 19.6 Å². The average Bonchev–Trinajstić information content (AvgIpc) is 2.98. The average molecular weight is 225 g/mol. The number of hydrogen-bond donors (Lipinski definition) is 2. The number of aliphatic hydroxyl groups is 1. The van der Waals surface area contributed by atoms with Gasteiger partial charge in [0.05, 0.1) is 6.61 Å². The number of hydrogen-bond acceptors (Lipinski definition) is 6. The van der Waals surface area contributed by atoms with Crippen LogP contribution in [0.15, 0.2) is 4.52 Å². The molecule has 0 amide bonds. The van der Waals surface area contributed by atoms with Gasteiger partial charge in [0, 0.05) is 19.1 Å². The van der Waals surface area contributed by atoms with Gasteiger partial charge in [-0.05, 0) is 19.4 Å². The normalized spacial score (nSPS) is 34.7. The topological polar surface area (TPSA) is 80.4 Å². The second-order valence-corrected chi connectivity index (χ2v) is 4.48. The van der Waals surface area contributed by atoms with Crippen LogP contribution in [0.3, 0.4) is 0 Å². The van der Waals surface area contributed by atoms with E-state index in [4.69, 9.17) is 9.26 Å². The summed E-state index contributed by atoms with van der Waals surface area (Å²) in [5.41, 5.74) is -0.981. The first-order valence-corrected chi connectivity index (χ1v) is 5.63. The molecule has 2 N–H and O–H groups in total. The molecule has 3 rings (SSSR count). The van der Waals surface area contributed by atoms with E-state index in [2.05, 4.69) is 15.5 Å². The molecule has 2 atom stereocenters. The molecule has 0 spiro atoms. The molecule has 0 saturated carbocycles. The molecule has 3 heterocycles. The molecule has 6 heteroatoms. The lowest BCUT2D eigenvalue weighted by molar-refractivity contribution is 0.0243. The minimum atomic E-state index is -0.981. The summed E-state index contributed by atoms with van der Waals surface area (Å²) in [6.45, 7) is 2.66. The molecule has 0 aliphatic carbocycles. The van der Waals surface area contributed by atoms with Crippen molar-refractivity contribution >= 4 is 0 Å². The highest BCUT2D eigenvalue weighted by atomic mass is 16.5. The molecule has 0 bridgehead atoms. The first-order chi connectivity index (χ1) is 7.78. The van der Waals surface area contributed by atoms with E-state index in [1.807, 2.05) is 0 Å². The first-order valence-electron chi connectivity index (χ1n) is 5.63. The second kappa shape index (κ2) is 3.80. The van der Waals surface area contributed by atoms with Crippen molar-refractivity contribution < 1.29 is 14.4 Å². The van der Waals surface area contributed by atoms with Crippen molar-refractivity contribution in [1.82, 2.24) is 15.5 Å². The van der Waals surface area contributed by atoms with Gasteiger partial charge >= 0.3 is 0 Å². The monoisotopic (exact) mass is 225 g/mol. The van der Waals surface area contributed by atoms with E-state index in [1.165, 1.54) is 0 Å². The summed E-state index contributed by atoms with van der Waals surface area (Å²) in [6, 6.07) is 0. The third-order valence-electron chi connectivity index (χ3n) is 3.27. The summed E-state index contributed by atoms with van der Waals surface area (Å²) in [7, 11) is 0. The summed E-state index contributed by atoms with van der Waals surface area (Å²) < 4.78 is 10.4. The van der Waals surface area contributed by atoms with Crippen molar-refractivity contribution in [2.75, 3.05) is 26.3 Å². The van der Waals surface area contributed by atoms with Gasteiger partial charge in [-0.15, -0.1) is 0 Å². The largest absolute Gasteiger partial charge is 0.381 e. The summed E-state index contributed by atoms with van der Waals surface area (Å²) in [6.07, 6.45) is 1.55. The molecule has 1 aromatic heterocycles. The highest BCUT2D eigenvalue weighted by Gasteiger charge is 2.39. The van der Waals surface area contributed by atoms with Crippen molar-refractivity contribution in [2.24, 2.45) is 0 Å². The van der Waals surface area contributed by atoms with Gasteiger partial charge in [-0.3, -0.25) is 0 Å². The van der Waals surface area contributed by atoms with Gasteiger partial charge in [-0.1, -0.05) is 5.16 Å². The Balaban J connectivity index is 1.81. The Morgan fingerprint density at radius 3 is 3.12 bits per heavy atom. The second-order valence-electron chi connectivity index (χ2n) is 4.48. The molecular formula is C10H15N3O3. The zero-order valence-electron chi connectivity index (χ0n) is 8.98. The van der Waals surface area contributed by atoms with Gasteiger partial charge in [-0.2, -0.15) is 4.98 Å². The van der Waals surface area contributed by atoms with Gasteiger partial charge in [0.2, 0.25) is 0 Å². The zero-order valence-corrected chi connectivity index (χ0v) is 8.98. The van der Waals surface area contributed by atoms with Gasteiger partial charge in [0.1, 0.15) is 0 Å². The van der Waals surface area contributed by atoms with Crippen molar-refractivity contribution in [3.63, 3.8) is 0 Å². The lowest BCUT2D eigenvalue weighted by Gasteiger charge is -2.14. The number of ether oxygens (including phenoxy) is 1. The van der Waals surface area contributed by atoms with Gasteiger partial charge in [-0.25, -0.2) is 0 Å². The third kappa shape index (κ3) is 1.63. The summed E-state index contributed by atoms with van der Waals surface area (Å²) in [5.74, 6) is 1.21. The fourth-order valence-electron chi connectivity index (χ4n) is 2.19. The van der Waals surface area contributed by atoms with Crippen LogP contribution < -0.4 is 5.32 Å². The molecule has 88 valence electrons. The van der Waals surface area contributed by atoms with E-state index in [1.54, 1.807) is 0 Å². The van der Waals surface area contributed by atoms with E-state index in [9.17, 15) is 5.11 Å². The highest BCUT2D eigenvalue weighted by Crippen LogP contribution is 2.29. The number of rotatable bonds is 2. The summed E-state index contributed by atoms with van der Waals surface area (Å²) in [5, 5.41) is 17.3. The van der Waals surface area contributed by atoms with Gasteiger partial charge in [0.25, 0.3) is 5.89 Å². The molecular weight excluding hydrogens is 210 g/mol. The van der Waals surface area contributed by atoms with E-state index in [0.29, 0.717) is 31.3 Å². The standard InChI is InChI=1S/C10H15N3O3/c14-10(2-3-11-6-10)9-12-8(13-16-9)7-1-4-15-5-7/h7,11,14H,1-6H2. The van der Waals surface area contributed by atoms with Crippen LogP contribution in [0.2, 0.25) is 0 Å². The van der Waals surface area contributed by atoms with Crippen LogP contribution in [-0.2, 0) is 10.3 Å². The Bertz CT molecular complexity index is 367. The molecule has 0 radical (unpaired) electrons. The SMILES string of the molecule is OC1(c2nc(C3CCOC3)no2)CCNC1. The number of nitrogens with zero attached hydrogens (tertiary/aromatic N) is 2. The molecule has 1 aromatic rings. The quantitative estimate of drug-likeness (QED) is 0.722. The van der Waals surface area contributed by atoms with Crippen LogP contribution in [-0.4, -0.2) is 41.6 Å². The maximum atomic E-state index is 10.2. The summed E-state index contributed by atoms with van der Waals surface area (Å²) >= 11 is 0. The Morgan fingerprint density at radius 2 is 2.44 bits per heavy atom. The number of nitrogens with one attached hydrogen (secondary N) is 1. The fraction of sp³-hybridized carbons (Fsp3) is 0.800. The van der Waals surface area contributed by atoms with E-state index >= 15 is 0 Å². The minimum absolute atomic E-state index is 0.218. The Labute approximate surface area is 93.0 Å². The van der Waals surface area contributed by atoms with E-state index < -0.39 is 5.60 Å². The predicted octanol–water partition coefficient (Wildman–Crippen LogP) is -0.246. The van der Waals surface area contributed by atoms with Gasteiger partial charge < -0.3 is 19.7 Å². The van der Waals surface area contributed by atoms with Crippen LogP contribution >= 0.6 is 0 Å². The Kier molecular flexibility index (Phi) is 2.42. The molecule has 2 aliphatic heterocycles. The van der Waals surface area contributed by atoms with Crippen LogP contribution in [0.1, 0.15) is 30.5 Å². The number of aromatic nitrogens is 2. The van der Waals surface area contributed by atoms with Crippen LogP contribution in [0.25, 0.3) is 0 Å². The van der Waals surface area contributed by atoms with Crippen molar-refractivity contribution in [2.45, 2.75) is 24.4 Å². The first kappa shape index (κ1) is 10.2. The predicted molar refractivity (Wildman–Crippen MR) is 53.9 cm³/mol. The molecule has 2 unspecified atom stereocenters. The molecule has 0 aromatic carbocycles. The molecule has 2 aliphatic rings. The smallest absolute Gasteiger partial charge is 0.259 e. The maximum Gasteiger partial charge on any atom is 0.259 e. The van der Waals surface area contributed by atoms with Crippen LogP contribution in [0, 0.1) is 0 Å². The fourth-order valence-corrected chi connectivity index (χ4v) is 2.19. The molecule has 6 nitrogen and oxygen atoms in total. The third-order valence-corrected chi connectivity index (χ3v) is 3.27. The highest BCUT2D eigenvalue weighted by molar-refractivity contribution is 5.06. The molecule has 16 heavy (non-hydrogen) atoms. The van der Waals surface area contributed by atoms with Crippen LogP contribution in [0.5, 0.6) is 0 Å². The molecule has 2 saturated heterocycles. The van der Waals surface area contributed by atoms with E-state index in [-0.39, 0.29) is 5.92 Å². The van der Waals surface area contributed by atoms with Crippen molar-refractivity contribution in [3.8, 4) is 0 Å². The Morgan fingerprint density at radius 1 is 1.50 bits per heavy atom. The number of β-amino-alcohol motifs (C(OH)–C–C–N with tert-alkyl or cyclic N) is 1. The van der Waals surface area contributed by atoms with Gasteiger partial charge in [0.15, 0.2) is 11.4 Å². The van der Waals surface area contributed by atoms with Crippen LogP contribution in [0.4, 0.5) is 0 Å². The lowest BCUT2D eigenvalue weighted by Crippen LogP contribution is -2.28. The Hall–Kier alpha value is -0.980. The molecule has 2 fully saturated rings. The minimum Gasteiger partial charge on any atom is -0.381 e.